The molecule has 0 saturated heterocycles. The zero-order chi connectivity index (χ0) is 11.2. The van der Waals surface area contributed by atoms with E-state index in [1.807, 2.05) is 11.3 Å². The van der Waals surface area contributed by atoms with E-state index in [1.54, 1.807) is 0 Å². The van der Waals surface area contributed by atoms with Crippen LogP contribution in [0.3, 0.4) is 0 Å². The van der Waals surface area contributed by atoms with E-state index in [9.17, 15) is 0 Å². The SMILES string of the molecule is Brc1ccsc1CCCCCCNC1CC1. The van der Waals surface area contributed by atoms with Crippen molar-refractivity contribution in [3.05, 3.63) is 20.8 Å². The van der Waals surface area contributed by atoms with Gasteiger partial charge in [-0.15, -0.1) is 11.3 Å². The Hall–Kier alpha value is 0.140. The van der Waals surface area contributed by atoms with Crippen molar-refractivity contribution in [2.24, 2.45) is 0 Å². The number of nitrogens with one attached hydrogen (secondary N) is 1. The number of thiophene rings is 1. The molecule has 1 aliphatic carbocycles. The van der Waals surface area contributed by atoms with Gasteiger partial charge in [0, 0.05) is 15.4 Å². The molecular formula is C13H20BrNS. The van der Waals surface area contributed by atoms with Gasteiger partial charge in [-0.3, -0.25) is 0 Å². The van der Waals surface area contributed by atoms with Gasteiger partial charge in [0.2, 0.25) is 0 Å². The molecule has 0 bridgehead atoms. The van der Waals surface area contributed by atoms with Crippen LogP contribution in [-0.4, -0.2) is 12.6 Å². The third kappa shape index (κ3) is 4.56. The highest BCUT2D eigenvalue weighted by molar-refractivity contribution is 9.10. The summed E-state index contributed by atoms with van der Waals surface area (Å²) in [7, 11) is 0. The first-order valence-corrected chi connectivity index (χ1v) is 7.99. The van der Waals surface area contributed by atoms with Gasteiger partial charge in [0.05, 0.1) is 0 Å². The van der Waals surface area contributed by atoms with E-state index in [4.69, 9.17) is 0 Å². The van der Waals surface area contributed by atoms with E-state index >= 15 is 0 Å². The maximum atomic E-state index is 3.58. The molecule has 16 heavy (non-hydrogen) atoms. The van der Waals surface area contributed by atoms with Crippen molar-refractivity contribution in [1.82, 2.24) is 5.32 Å². The highest BCUT2D eigenvalue weighted by Gasteiger charge is 2.19. The molecule has 0 spiro atoms. The van der Waals surface area contributed by atoms with Gasteiger partial charge < -0.3 is 5.32 Å². The largest absolute Gasteiger partial charge is 0.314 e. The highest BCUT2D eigenvalue weighted by Crippen LogP contribution is 2.24. The summed E-state index contributed by atoms with van der Waals surface area (Å²) in [6, 6.07) is 3.03. The lowest BCUT2D eigenvalue weighted by Gasteiger charge is -2.02. The molecule has 0 unspecified atom stereocenters. The van der Waals surface area contributed by atoms with E-state index in [0.717, 1.165) is 6.04 Å². The molecule has 1 fully saturated rings. The second kappa shape index (κ2) is 6.77. The van der Waals surface area contributed by atoms with Crippen LogP contribution >= 0.6 is 27.3 Å². The van der Waals surface area contributed by atoms with Crippen LogP contribution in [0.4, 0.5) is 0 Å². The normalized spacial score (nSPS) is 15.6. The van der Waals surface area contributed by atoms with Gasteiger partial charge in [-0.1, -0.05) is 12.8 Å². The Kier molecular flexibility index (Phi) is 5.33. The minimum Gasteiger partial charge on any atom is -0.314 e. The van der Waals surface area contributed by atoms with Crippen LogP contribution in [-0.2, 0) is 6.42 Å². The minimum atomic E-state index is 0.877. The van der Waals surface area contributed by atoms with E-state index in [-0.39, 0.29) is 0 Å². The summed E-state index contributed by atoms with van der Waals surface area (Å²) in [6.07, 6.45) is 9.50. The molecule has 1 aromatic rings. The monoisotopic (exact) mass is 301 g/mol. The molecule has 1 saturated carbocycles. The van der Waals surface area contributed by atoms with Gasteiger partial charge >= 0.3 is 0 Å². The number of aryl methyl sites for hydroxylation is 1. The number of halogens is 1. The van der Waals surface area contributed by atoms with Crippen molar-refractivity contribution in [2.75, 3.05) is 6.54 Å². The molecule has 1 heterocycles. The van der Waals surface area contributed by atoms with Crippen LogP contribution in [0.25, 0.3) is 0 Å². The van der Waals surface area contributed by atoms with Crippen molar-refractivity contribution >= 4 is 27.3 Å². The van der Waals surface area contributed by atoms with Crippen molar-refractivity contribution in [2.45, 2.75) is 51.0 Å². The molecular weight excluding hydrogens is 282 g/mol. The summed E-state index contributed by atoms with van der Waals surface area (Å²) in [5, 5.41) is 5.73. The molecule has 0 radical (unpaired) electrons. The van der Waals surface area contributed by atoms with Crippen LogP contribution in [0.15, 0.2) is 15.9 Å². The average molecular weight is 302 g/mol. The maximum absolute atomic E-state index is 3.58. The number of hydrogen-bond acceptors (Lipinski definition) is 2. The molecule has 2 rings (SSSR count). The molecule has 1 nitrogen and oxygen atoms in total. The lowest BCUT2D eigenvalue weighted by atomic mass is 10.1. The van der Waals surface area contributed by atoms with E-state index in [1.165, 1.54) is 60.8 Å². The first-order valence-electron chi connectivity index (χ1n) is 6.31. The lowest BCUT2D eigenvalue weighted by molar-refractivity contribution is 0.586. The first-order chi connectivity index (χ1) is 7.86. The Balaban J connectivity index is 1.44. The van der Waals surface area contributed by atoms with Crippen LogP contribution < -0.4 is 5.32 Å². The Morgan fingerprint density at radius 1 is 1.25 bits per heavy atom. The summed E-state index contributed by atoms with van der Waals surface area (Å²) in [5.41, 5.74) is 0. The predicted molar refractivity (Wildman–Crippen MR) is 75.2 cm³/mol. The molecule has 0 aromatic carbocycles. The van der Waals surface area contributed by atoms with Crippen LogP contribution in [0.2, 0.25) is 0 Å². The predicted octanol–water partition coefficient (Wildman–Crippen LogP) is 4.37. The third-order valence-electron chi connectivity index (χ3n) is 3.03. The lowest BCUT2D eigenvalue weighted by Crippen LogP contribution is -2.17. The van der Waals surface area contributed by atoms with Gasteiger partial charge in [0.25, 0.3) is 0 Å². The third-order valence-corrected chi connectivity index (χ3v) is 5.02. The van der Waals surface area contributed by atoms with Gasteiger partial charge in [-0.25, -0.2) is 0 Å². The molecule has 1 aliphatic rings. The van der Waals surface area contributed by atoms with Gasteiger partial charge in [-0.05, 0) is 66.0 Å². The fourth-order valence-electron chi connectivity index (χ4n) is 1.86. The van der Waals surface area contributed by atoms with Crippen molar-refractivity contribution in [3.63, 3.8) is 0 Å². The van der Waals surface area contributed by atoms with E-state index in [2.05, 4.69) is 32.7 Å². The zero-order valence-electron chi connectivity index (χ0n) is 9.68. The smallest absolute Gasteiger partial charge is 0.0314 e. The summed E-state index contributed by atoms with van der Waals surface area (Å²) in [5.74, 6) is 0. The van der Waals surface area contributed by atoms with E-state index < -0.39 is 0 Å². The number of rotatable bonds is 8. The Bertz CT molecular complexity index is 307. The fourth-order valence-corrected chi connectivity index (χ4v) is 3.46. The Labute approximate surface area is 111 Å². The van der Waals surface area contributed by atoms with Crippen molar-refractivity contribution < 1.29 is 0 Å². The van der Waals surface area contributed by atoms with Gasteiger partial charge in [0.1, 0.15) is 0 Å². The number of unbranched alkanes of at least 4 members (excludes halogenated alkanes) is 3. The minimum absolute atomic E-state index is 0.877. The standard InChI is InChI=1S/C13H20BrNS/c14-12-8-10-16-13(12)5-3-1-2-4-9-15-11-6-7-11/h8,10-11,15H,1-7,9H2. The maximum Gasteiger partial charge on any atom is 0.0314 e. The summed E-state index contributed by atoms with van der Waals surface area (Å²) in [4.78, 5) is 1.51. The summed E-state index contributed by atoms with van der Waals surface area (Å²) in [6.45, 7) is 1.23. The molecule has 0 atom stereocenters. The second-order valence-electron chi connectivity index (χ2n) is 4.58. The van der Waals surface area contributed by atoms with Crippen molar-refractivity contribution in [3.8, 4) is 0 Å². The molecule has 1 N–H and O–H groups in total. The van der Waals surface area contributed by atoms with Gasteiger partial charge in [0.15, 0.2) is 0 Å². The average Bonchev–Trinajstić information content (AvgIpc) is 3.01. The zero-order valence-corrected chi connectivity index (χ0v) is 12.1. The highest BCUT2D eigenvalue weighted by atomic mass is 79.9. The summed E-state index contributed by atoms with van der Waals surface area (Å²) >= 11 is 5.45. The summed E-state index contributed by atoms with van der Waals surface area (Å²) < 4.78 is 1.30. The quantitative estimate of drug-likeness (QED) is 0.703. The van der Waals surface area contributed by atoms with Crippen LogP contribution in [0.1, 0.15) is 43.4 Å². The van der Waals surface area contributed by atoms with Gasteiger partial charge in [-0.2, -0.15) is 0 Å². The molecule has 0 amide bonds. The van der Waals surface area contributed by atoms with Crippen molar-refractivity contribution in [1.29, 1.82) is 0 Å². The van der Waals surface area contributed by atoms with Crippen LogP contribution in [0, 0.1) is 0 Å². The van der Waals surface area contributed by atoms with E-state index in [0.29, 0.717) is 0 Å². The topological polar surface area (TPSA) is 12.0 Å². The fraction of sp³-hybridized carbons (Fsp3) is 0.692. The molecule has 1 aromatic heterocycles. The Morgan fingerprint density at radius 2 is 2.06 bits per heavy atom. The van der Waals surface area contributed by atoms with Crippen LogP contribution in [0.5, 0.6) is 0 Å². The first kappa shape index (κ1) is 12.6. The molecule has 0 aliphatic heterocycles. The molecule has 3 heteroatoms. The molecule has 90 valence electrons. The number of hydrogen-bond donors (Lipinski definition) is 1. The second-order valence-corrected chi connectivity index (χ2v) is 6.44. The Morgan fingerprint density at radius 3 is 2.75 bits per heavy atom.